The van der Waals surface area contributed by atoms with Crippen LogP contribution in [-0.4, -0.2) is 30.6 Å². The first-order valence-corrected chi connectivity index (χ1v) is 8.99. The van der Waals surface area contributed by atoms with Crippen molar-refractivity contribution in [1.82, 2.24) is 15.5 Å². The van der Waals surface area contributed by atoms with E-state index in [2.05, 4.69) is 15.5 Å². The van der Waals surface area contributed by atoms with Gasteiger partial charge in [-0.2, -0.15) is 5.10 Å². The van der Waals surface area contributed by atoms with Crippen LogP contribution in [0, 0.1) is 0 Å². The van der Waals surface area contributed by atoms with Crippen LogP contribution in [0.4, 0.5) is 0 Å². The van der Waals surface area contributed by atoms with Gasteiger partial charge in [0.15, 0.2) is 5.69 Å². The highest BCUT2D eigenvalue weighted by atomic mass is 35.7. The minimum Gasteiger partial charge on any atom is -0.348 e. The first-order chi connectivity index (χ1) is 9.34. The molecule has 0 spiro atoms. The second-order valence-corrected chi connectivity index (χ2v) is 7.69. The number of carbonyl (C=O) groups is 1. The quantitative estimate of drug-likeness (QED) is 0.786. The third-order valence-electron chi connectivity index (χ3n) is 3.29. The molecule has 6 nitrogen and oxygen atoms in total. The molecule has 0 aliphatic heterocycles. The average Bonchev–Trinajstić information content (AvgIpc) is 3.06. The first kappa shape index (κ1) is 15.3. The fraction of sp³-hybridized carbons (Fsp3) is 0.667. The van der Waals surface area contributed by atoms with Crippen LogP contribution in [0.15, 0.2) is 4.90 Å². The number of aromatic amines is 1. The molecule has 1 aromatic heterocycles. The van der Waals surface area contributed by atoms with E-state index in [-0.39, 0.29) is 22.5 Å². The van der Waals surface area contributed by atoms with Gasteiger partial charge >= 0.3 is 0 Å². The molecule has 0 bridgehead atoms. The minimum atomic E-state index is -4.00. The lowest BCUT2D eigenvalue weighted by Gasteiger charge is -2.11. The standard InChI is InChI=1S/C12H18ClN3O3S/c1-3-4-7(2)14-12(17)10-11(20(13,18)19)9(15-16-10)8-5-6-8/h7-8H,3-6H2,1-2H3,(H,14,17)(H,15,16). The van der Waals surface area contributed by atoms with Crippen LogP contribution >= 0.6 is 10.7 Å². The lowest BCUT2D eigenvalue weighted by Crippen LogP contribution is -2.33. The normalized spacial score (nSPS) is 16.9. The van der Waals surface area contributed by atoms with Crippen molar-refractivity contribution in [1.29, 1.82) is 0 Å². The second kappa shape index (κ2) is 5.73. The summed E-state index contributed by atoms with van der Waals surface area (Å²) in [6.07, 6.45) is 3.51. The van der Waals surface area contributed by atoms with Crippen LogP contribution in [0.3, 0.4) is 0 Å². The summed E-state index contributed by atoms with van der Waals surface area (Å²) in [7, 11) is 1.45. The Balaban J connectivity index is 2.30. The molecular formula is C12H18ClN3O3S. The lowest BCUT2D eigenvalue weighted by atomic mass is 10.2. The Morgan fingerprint density at radius 2 is 2.20 bits per heavy atom. The third kappa shape index (κ3) is 3.32. The number of hydrogen-bond acceptors (Lipinski definition) is 4. The molecule has 0 radical (unpaired) electrons. The maximum absolute atomic E-state index is 12.1. The molecule has 1 saturated carbocycles. The molecule has 1 aromatic rings. The average molecular weight is 320 g/mol. The van der Waals surface area contributed by atoms with Crippen LogP contribution in [0.1, 0.15) is 61.6 Å². The lowest BCUT2D eigenvalue weighted by molar-refractivity contribution is 0.0930. The van der Waals surface area contributed by atoms with Crippen molar-refractivity contribution < 1.29 is 13.2 Å². The number of carbonyl (C=O) groups excluding carboxylic acids is 1. The highest BCUT2D eigenvalue weighted by Gasteiger charge is 2.36. The fourth-order valence-corrected chi connectivity index (χ4v) is 3.50. The van der Waals surface area contributed by atoms with Crippen LogP contribution in [0.25, 0.3) is 0 Å². The number of rotatable bonds is 6. The molecule has 1 heterocycles. The van der Waals surface area contributed by atoms with Gasteiger partial charge in [-0.25, -0.2) is 8.42 Å². The van der Waals surface area contributed by atoms with E-state index in [0.29, 0.717) is 5.69 Å². The van der Waals surface area contributed by atoms with E-state index < -0.39 is 15.0 Å². The fourth-order valence-electron chi connectivity index (χ4n) is 2.19. The zero-order valence-corrected chi connectivity index (χ0v) is 13.0. The molecule has 2 rings (SSSR count). The van der Waals surface area contributed by atoms with Crippen molar-refractivity contribution in [3.63, 3.8) is 0 Å². The van der Waals surface area contributed by atoms with Crippen LogP contribution in [0.2, 0.25) is 0 Å². The Labute approximate surface area is 122 Å². The molecule has 8 heteroatoms. The molecule has 0 saturated heterocycles. The zero-order chi connectivity index (χ0) is 14.9. The SMILES string of the molecule is CCCC(C)NC(=O)c1n[nH]c(C2CC2)c1S(=O)(=O)Cl. The number of halogens is 1. The number of nitrogens with one attached hydrogen (secondary N) is 2. The second-order valence-electron chi connectivity index (χ2n) is 5.19. The van der Waals surface area contributed by atoms with Crippen molar-refractivity contribution in [3.05, 3.63) is 11.4 Å². The van der Waals surface area contributed by atoms with Crippen molar-refractivity contribution in [3.8, 4) is 0 Å². The van der Waals surface area contributed by atoms with E-state index in [9.17, 15) is 13.2 Å². The molecule has 1 aliphatic rings. The molecule has 1 fully saturated rings. The van der Waals surface area contributed by atoms with E-state index in [1.54, 1.807) is 0 Å². The topological polar surface area (TPSA) is 91.9 Å². The summed E-state index contributed by atoms with van der Waals surface area (Å²) in [5.41, 5.74) is 0.318. The molecule has 112 valence electrons. The van der Waals surface area contributed by atoms with Crippen molar-refractivity contribution in [2.75, 3.05) is 0 Å². The Morgan fingerprint density at radius 1 is 1.55 bits per heavy atom. The molecule has 1 atom stereocenters. The van der Waals surface area contributed by atoms with Crippen LogP contribution < -0.4 is 5.32 Å². The smallest absolute Gasteiger partial charge is 0.273 e. The van der Waals surface area contributed by atoms with Gasteiger partial charge in [-0.15, -0.1) is 0 Å². The van der Waals surface area contributed by atoms with Gasteiger partial charge in [0.25, 0.3) is 15.0 Å². The highest BCUT2D eigenvalue weighted by Crippen LogP contribution is 2.43. The summed E-state index contributed by atoms with van der Waals surface area (Å²) < 4.78 is 23.4. The van der Waals surface area contributed by atoms with Gasteiger partial charge in [0.1, 0.15) is 4.90 Å². The molecule has 1 unspecified atom stereocenters. The first-order valence-electron chi connectivity index (χ1n) is 6.68. The third-order valence-corrected chi connectivity index (χ3v) is 4.66. The predicted octanol–water partition coefficient (Wildman–Crippen LogP) is 2.13. The van der Waals surface area contributed by atoms with Gasteiger partial charge in [-0.05, 0) is 26.2 Å². The predicted molar refractivity (Wildman–Crippen MR) is 75.4 cm³/mol. The summed E-state index contributed by atoms with van der Waals surface area (Å²) in [6.45, 7) is 3.88. The summed E-state index contributed by atoms with van der Waals surface area (Å²) in [4.78, 5) is 12.0. The molecule has 0 aromatic carbocycles. The summed E-state index contributed by atoms with van der Waals surface area (Å²) in [6, 6.07) is -0.0422. The largest absolute Gasteiger partial charge is 0.348 e. The monoisotopic (exact) mass is 319 g/mol. The maximum atomic E-state index is 12.1. The zero-order valence-electron chi connectivity index (χ0n) is 11.4. The van der Waals surface area contributed by atoms with Gasteiger partial charge in [-0.3, -0.25) is 9.89 Å². The molecule has 1 aliphatic carbocycles. The number of nitrogens with zero attached hydrogens (tertiary/aromatic N) is 1. The maximum Gasteiger partial charge on any atom is 0.273 e. The summed E-state index contributed by atoms with van der Waals surface area (Å²) in [5.74, 6) is -0.394. The number of amides is 1. The summed E-state index contributed by atoms with van der Waals surface area (Å²) in [5, 5.41) is 9.25. The van der Waals surface area contributed by atoms with Gasteiger partial charge in [-0.1, -0.05) is 13.3 Å². The van der Waals surface area contributed by atoms with Crippen molar-refractivity contribution in [2.45, 2.75) is 56.4 Å². The van der Waals surface area contributed by atoms with E-state index in [1.807, 2.05) is 13.8 Å². The van der Waals surface area contributed by atoms with E-state index in [0.717, 1.165) is 25.7 Å². The molecule has 1 amide bonds. The van der Waals surface area contributed by atoms with E-state index >= 15 is 0 Å². The van der Waals surface area contributed by atoms with Gasteiger partial charge < -0.3 is 5.32 Å². The summed E-state index contributed by atoms with van der Waals surface area (Å²) >= 11 is 0. The molecule has 20 heavy (non-hydrogen) atoms. The van der Waals surface area contributed by atoms with Crippen molar-refractivity contribution >= 4 is 25.6 Å². The van der Waals surface area contributed by atoms with E-state index in [4.69, 9.17) is 10.7 Å². The molecular weight excluding hydrogens is 302 g/mol. The number of aromatic nitrogens is 2. The Bertz CT molecular complexity index is 607. The highest BCUT2D eigenvalue weighted by molar-refractivity contribution is 8.13. The van der Waals surface area contributed by atoms with Gasteiger partial charge in [0.2, 0.25) is 0 Å². The minimum absolute atomic E-state index is 0.0422. The number of hydrogen-bond donors (Lipinski definition) is 2. The Hall–Kier alpha value is -1.08. The Morgan fingerprint density at radius 3 is 2.70 bits per heavy atom. The number of H-pyrrole nitrogens is 1. The molecule has 2 N–H and O–H groups in total. The van der Waals surface area contributed by atoms with E-state index in [1.165, 1.54) is 0 Å². The van der Waals surface area contributed by atoms with Gasteiger partial charge in [0, 0.05) is 22.6 Å². The van der Waals surface area contributed by atoms with Crippen LogP contribution in [0.5, 0.6) is 0 Å². The Kier molecular flexibility index (Phi) is 4.39. The van der Waals surface area contributed by atoms with Gasteiger partial charge in [0.05, 0.1) is 5.69 Å². The van der Waals surface area contributed by atoms with Crippen molar-refractivity contribution in [2.24, 2.45) is 0 Å². The van der Waals surface area contributed by atoms with Crippen LogP contribution in [-0.2, 0) is 9.05 Å².